The average Bonchev–Trinajstić information content (AvgIpc) is 2.56. The lowest BCUT2D eigenvalue weighted by Crippen LogP contribution is -2.17. The zero-order valence-electron chi connectivity index (χ0n) is 12.0. The molecule has 3 aromatic carbocycles. The number of hydrazone groups is 1. The van der Waals surface area contributed by atoms with Gasteiger partial charge >= 0.3 is 0 Å². The van der Waals surface area contributed by atoms with Gasteiger partial charge in [-0.05, 0) is 29.0 Å². The van der Waals surface area contributed by atoms with Gasteiger partial charge in [-0.1, -0.05) is 42.5 Å². The van der Waals surface area contributed by atoms with Crippen LogP contribution in [0.3, 0.4) is 0 Å². The summed E-state index contributed by atoms with van der Waals surface area (Å²) in [5, 5.41) is 15.3. The number of benzene rings is 3. The molecule has 2 N–H and O–H groups in total. The maximum atomic E-state index is 13.4. The average molecular weight is 308 g/mol. The molecule has 3 rings (SSSR count). The van der Waals surface area contributed by atoms with Crippen LogP contribution in [0.15, 0.2) is 65.8 Å². The molecule has 5 heteroatoms. The van der Waals surface area contributed by atoms with Gasteiger partial charge < -0.3 is 5.11 Å². The fourth-order valence-corrected chi connectivity index (χ4v) is 2.21. The lowest BCUT2D eigenvalue weighted by molar-refractivity contribution is 0.0952. The van der Waals surface area contributed by atoms with E-state index in [9.17, 15) is 14.3 Å². The number of hydrogen-bond donors (Lipinski definition) is 2. The Kier molecular flexibility index (Phi) is 4.01. The molecule has 0 heterocycles. The molecule has 0 aliphatic carbocycles. The van der Waals surface area contributed by atoms with E-state index >= 15 is 0 Å². The smallest absolute Gasteiger partial charge is 0.275 e. The first-order chi connectivity index (χ1) is 11.1. The molecule has 4 nitrogen and oxygen atoms in total. The minimum absolute atomic E-state index is 0.106. The van der Waals surface area contributed by atoms with E-state index in [4.69, 9.17) is 0 Å². The zero-order chi connectivity index (χ0) is 16.2. The van der Waals surface area contributed by atoms with Crippen molar-refractivity contribution < 1.29 is 14.3 Å². The van der Waals surface area contributed by atoms with E-state index in [1.54, 1.807) is 24.3 Å². The van der Waals surface area contributed by atoms with Gasteiger partial charge in [0.1, 0.15) is 11.6 Å². The Morgan fingerprint density at radius 2 is 1.70 bits per heavy atom. The van der Waals surface area contributed by atoms with E-state index in [0.717, 1.165) is 10.8 Å². The molecule has 0 spiro atoms. The van der Waals surface area contributed by atoms with Gasteiger partial charge in [0.15, 0.2) is 0 Å². The van der Waals surface area contributed by atoms with Crippen molar-refractivity contribution in [2.24, 2.45) is 5.10 Å². The van der Waals surface area contributed by atoms with Crippen LogP contribution in [0.1, 0.15) is 15.9 Å². The molecule has 0 saturated carbocycles. The van der Waals surface area contributed by atoms with Crippen LogP contribution in [0.2, 0.25) is 0 Å². The van der Waals surface area contributed by atoms with Crippen molar-refractivity contribution in [3.05, 3.63) is 77.6 Å². The van der Waals surface area contributed by atoms with Crippen LogP contribution in [0.5, 0.6) is 5.75 Å². The predicted molar refractivity (Wildman–Crippen MR) is 87.1 cm³/mol. The van der Waals surface area contributed by atoms with E-state index in [1.165, 1.54) is 18.3 Å². The third kappa shape index (κ3) is 3.18. The highest BCUT2D eigenvalue weighted by molar-refractivity contribution is 6.01. The molecule has 0 aromatic heterocycles. The lowest BCUT2D eigenvalue weighted by Gasteiger charge is -2.05. The highest BCUT2D eigenvalue weighted by atomic mass is 19.1. The minimum atomic E-state index is -0.569. The quantitative estimate of drug-likeness (QED) is 0.575. The monoisotopic (exact) mass is 308 g/mol. The van der Waals surface area contributed by atoms with Crippen LogP contribution in [0, 0.1) is 5.82 Å². The summed E-state index contributed by atoms with van der Waals surface area (Å²) in [6.45, 7) is 0. The van der Waals surface area contributed by atoms with Crippen LogP contribution in [0.4, 0.5) is 4.39 Å². The highest BCUT2D eigenvalue weighted by Crippen LogP contribution is 2.24. The van der Waals surface area contributed by atoms with Crippen molar-refractivity contribution in [1.82, 2.24) is 5.43 Å². The second kappa shape index (κ2) is 6.27. The number of phenols is 1. The first-order valence-electron chi connectivity index (χ1n) is 6.95. The number of halogens is 1. The molecule has 0 fully saturated rings. The maximum Gasteiger partial charge on any atom is 0.275 e. The van der Waals surface area contributed by atoms with Crippen molar-refractivity contribution in [2.75, 3.05) is 0 Å². The Labute approximate surface area is 131 Å². The topological polar surface area (TPSA) is 61.7 Å². The van der Waals surface area contributed by atoms with E-state index in [1.807, 2.05) is 24.3 Å². The number of amides is 1. The third-order valence-corrected chi connectivity index (χ3v) is 3.38. The van der Waals surface area contributed by atoms with Crippen molar-refractivity contribution in [2.45, 2.75) is 0 Å². The number of hydrogen-bond acceptors (Lipinski definition) is 3. The molecule has 0 saturated heterocycles. The Morgan fingerprint density at radius 1 is 1.04 bits per heavy atom. The van der Waals surface area contributed by atoms with Gasteiger partial charge in [0.05, 0.1) is 11.8 Å². The van der Waals surface area contributed by atoms with Gasteiger partial charge in [0, 0.05) is 5.56 Å². The number of phenolic OH excluding ortho intramolecular Hbond substituents is 1. The fourth-order valence-electron chi connectivity index (χ4n) is 2.21. The lowest BCUT2D eigenvalue weighted by atomic mass is 10.1. The SMILES string of the molecule is O=C(N/N=C\c1ccccc1F)c1cc2ccccc2cc1O. The molecule has 0 bridgehead atoms. The van der Waals surface area contributed by atoms with Gasteiger partial charge in [0.2, 0.25) is 0 Å². The van der Waals surface area contributed by atoms with Gasteiger partial charge in [-0.25, -0.2) is 9.82 Å². The largest absolute Gasteiger partial charge is 0.507 e. The number of carbonyl (C=O) groups excluding carboxylic acids is 1. The number of rotatable bonds is 3. The number of nitrogens with zero attached hydrogens (tertiary/aromatic N) is 1. The molecule has 114 valence electrons. The van der Waals surface area contributed by atoms with Crippen molar-refractivity contribution >= 4 is 22.9 Å². The van der Waals surface area contributed by atoms with Crippen molar-refractivity contribution in [1.29, 1.82) is 0 Å². The summed E-state index contributed by atoms with van der Waals surface area (Å²) in [4.78, 5) is 12.1. The van der Waals surface area contributed by atoms with Crippen LogP contribution in [-0.4, -0.2) is 17.2 Å². The number of aromatic hydroxyl groups is 1. The van der Waals surface area contributed by atoms with E-state index in [0.29, 0.717) is 0 Å². The Hall–Kier alpha value is -3.21. The normalized spacial score (nSPS) is 11.0. The van der Waals surface area contributed by atoms with Gasteiger partial charge in [-0.2, -0.15) is 5.10 Å². The molecule has 0 unspecified atom stereocenters. The third-order valence-electron chi connectivity index (χ3n) is 3.38. The van der Waals surface area contributed by atoms with Gasteiger partial charge in [-0.3, -0.25) is 4.79 Å². The second-order valence-corrected chi connectivity index (χ2v) is 4.94. The van der Waals surface area contributed by atoms with Crippen molar-refractivity contribution in [3.63, 3.8) is 0 Å². The fraction of sp³-hybridized carbons (Fsp3) is 0. The molecule has 0 aliphatic rings. The number of nitrogens with one attached hydrogen (secondary N) is 1. The summed E-state index contributed by atoms with van der Waals surface area (Å²) in [5.74, 6) is -1.14. The van der Waals surface area contributed by atoms with E-state index in [2.05, 4.69) is 10.5 Å². The van der Waals surface area contributed by atoms with E-state index < -0.39 is 11.7 Å². The number of carbonyl (C=O) groups is 1. The molecule has 3 aromatic rings. The highest BCUT2D eigenvalue weighted by Gasteiger charge is 2.11. The summed E-state index contributed by atoms with van der Waals surface area (Å²) >= 11 is 0. The number of fused-ring (bicyclic) bond motifs is 1. The van der Waals surface area contributed by atoms with E-state index in [-0.39, 0.29) is 16.9 Å². The predicted octanol–water partition coefficient (Wildman–Crippen LogP) is 3.45. The molecule has 0 radical (unpaired) electrons. The molecule has 1 amide bonds. The van der Waals surface area contributed by atoms with Gasteiger partial charge in [0.25, 0.3) is 5.91 Å². The van der Waals surface area contributed by atoms with Crippen LogP contribution >= 0.6 is 0 Å². The molecule has 0 aliphatic heterocycles. The standard InChI is InChI=1S/C18H13FN2O2/c19-16-8-4-3-7-14(16)11-20-21-18(23)15-9-12-5-1-2-6-13(12)10-17(15)22/h1-11,22H,(H,21,23)/b20-11-. The van der Waals surface area contributed by atoms with Crippen LogP contribution < -0.4 is 5.43 Å². The molecular weight excluding hydrogens is 295 g/mol. The molecule has 0 atom stereocenters. The molecular formula is C18H13FN2O2. The summed E-state index contributed by atoms with van der Waals surface area (Å²) in [6, 6.07) is 16.6. The summed E-state index contributed by atoms with van der Waals surface area (Å²) < 4.78 is 13.4. The zero-order valence-corrected chi connectivity index (χ0v) is 12.0. The Balaban J connectivity index is 1.81. The van der Waals surface area contributed by atoms with Crippen molar-refractivity contribution in [3.8, 4) is 5.75 Å². The molecule has 23 heavy (non-hydrogen) atoms. The Bertz CT molecular complexity index is 906. The first kappa shape index (κ1) is 14.7. The minimum Gasteiger partial charge on any atom is -0.507 e. The first-order valence-corrected chi connectivity index (χ1v) is 6.95. The maximum absolute atomic E-state index is 13.4. The summed E-state index contributed by atoms with van der Waals surface area (Å²) in [6.07, 6.45) is 1.21. The van der Waals surface area contributed by atoms with Gasteiger partial charge in [-0.15, -0.1) is 0 Å². The van der Waals surface area contributed by atoms with Crippen LogP contribution in [-0.2, 0) is 0 Å². The summed E-state index contributed by atoms with van der Waals surface area (Å²) in [7, 11) is 0. The summed E-state index contributed by atoms with van der Waals surface area (Å²) in [5.41, 5.74) is 2.65. The second-order valence-electron chi connectivity index (χ2n) is 4.94. The Morgan fingerprint density at radius 3 is 2.43 bits per heavy atom. The van der Waals surface area contributed by atoms with Crippen LogP contribution in [0.25, 0.3) is 10.8 Å².